The summed E-state index contributed by atoms with van der Waals surface area (Å²) < 4.78 is 0. The molecule has 0 fully saturated rings. The van der Waals surface area contributed by atoms with Crippen molar-refractivity contribution in [3.63, 3.8) is 0 Å². The monoisotopic (exact) mass is 234 g/mol. The second kappa shape index (κ2) is 4.45. The quantitative estimate of drug-likeness (QED) is 0.682. The normalized spacial score (nSPS) is 22.8. The summed E-state index contributed by atoms with van der Waals surface area (Å²) in [7, 11) is 0. The Kier molecular flexibility index (Phi) is 2.99. The van der Waals surface area contributed by atoms with Crippen LogP contribution in [-0.4, -0.2) is 15.1 Å². The second-order valence-corrected chi connectivity index (χ2v) is 4.14. The van der Waals surface area contributed by atoms with Crippen molar-refractivity contribution in [2.45, 2.75) is 18.8 Å². The van der Waals surface area contributed by atoms with E-state index in [1.165, 1.54) is 0 Å². The Balaban J connectivity index is 2.46. The van der Waals surface area contributed by atoms with Crippen LogP contribution in [0, 0.1) is 5.92 Å². The molecule has 1 aromatic heterocycles. The van der Waals surface area contributed by atoms with E-state index >= 15 is 0 Å². The average Bonchev–Trinajstić information content (AvgIpc) is 2.65. The maximum atomic E-state index is 11.7. The Morgan fingerprint density at radius 1 is 1.47 bits per heavy atom. The number of rotatable bonds is 3. The van der Waals surface area contributed by atoms with Crippen LogP contribution in [0.5, 0.6) is 5.88 Å². The molecule has 3 N–H and O–H groups in total. The van der Waals surface area contributed by atoms with E-state index in [4.69, 9.17) is 0 Å². The van der Waals surface area contributed by atoms with Gasteiger partial charge in [0.25, 0.3) is 5.56 Å². The van der Waals surface area contributed by atoms with E-state index in [1.807, 2.05) is 12.2 Å². The maximum absolute atomic E-state index is 11.7. The van der Waals surface area contributed by atoms with Crippen LogP contribution < -0.4 is 11.2 Å². The second-order valence-electron chi connectivity index (χ2n) is 4.14. The van der Waals surface area contributed by atoms with E-state index in [0.29, 0.717) is 0 Å². The van der Waals surface area contributed by atoms with Crippen molar-refractivity contribution < 1.29 is 5.11 Å². The molecule has 90 valence electrons. The van der Waals surface area contributed by atoms with Crippen molar-refractivity contribution in [2.24, 2.45) is 5.92 Å². The molecule has 1 aliphatic rings. The maximum Gasteiger partial charge on any atom is 0.328 e. The first-order chi connectivity index (χ1) is 8.13. The molecule has 1 aliphatic carbocycles. The minimum Gasteiger partial charge on any atom is -0.494 e. The van der Waals surface area contributed by atoms with Crippen molar-refractivity contribution in [1.82, 2.24) is 9.97 Å². The third-order valence-electron chi connectivity index (χ3n) is 3.05. The van der Waals surface area contributed by atoms with Crippen LogP contribution >= 0.6 is 0 Å². The number of aromatic nitrogens is 2. The van der Waals surface area contributed by atoms with Gasteiger partial charge in [0.05, 0.1) is 5.56 Å². The Morgan fingerprint density at radius 3 is 2.88 bits per heavy atom. The number of H-pyrrole nitrogens is 2. The molecule has 17 heavy (non-hydrogen) atoms. The van der Waals surface area contributed by atoms with Crippen LogP contribution in [0.2, 0.25) is 0 Å². The van der Waals surface area contributed by atoms with Crippen LogP contribution in [-0.2, 0) is 0 Å². The molecule has 0 aromatic carbocycles. The molecule has 2 atom stereocenters. The summed E-state index contributed by atoms with van der Waals surface area (Å²) in [4.78, 5) is 27.0. The van der Waals surface area contributed by atoms with Crippen LogP contribution in [0.4, 0.5) is 0 Å². The summed E-state index contributed by atoms with van der Waals surface area (Å²) in [6.45, 7) is 3.68. The van der Waals surface area contributed by atoms with E-state index in [2.05, 4.69) is 16.5 Å². The van der Waals surface area contributed by atoms with Gasteiger partial charge in [-0.25, -0.2) is 4.79 Å². The summed E-state index contributed by atoms with van der Waals surface area (Å²) in [6.07, 6.45) is 7.26. The number of nitrogens with one attached hydrogen (secondary N) is 2. The molecule has 5 nitrogen and oxygen atoms in total. The summed E-state index contributed by atoms with van der Waals surface area (Å²) in [6, 6.07) is 0. The standard InChI is InChI=1S/C12H14N2O3/c1-2-4-7-5-3-6-8(7)9-10(15)13-12(17)14-11(9)16/h2-3,6-8H,1,4-5H2,(H3,13,14,15,16,17). The third-order valence-corrected chi connectivity index (χ3v) is 3.05. The Bertz CT molecular complexity index is 568. The van der Waals surface area contributed by atoms with E-state index in [9.17, 15) is 14.7 Å². The van der Waals surface area contributed by atoms with Crippen LogP contribution in [0.25, 0.3) is 0 Å². The van der Waals surface area contributed by atoms with Crippen LogP contribution in [0.1, 0.15) is 24.3 Å². The van der Waals surface area contributed by atoms with Gasteiger partial charge in [0.1, 0.15) is 0 Å². The van der Waals surface area contributed by atoms with Gasteiger partial charge in [-0.05, 0) is 18.8 Å². The lowest BCUT2D eigenvalue weighted by atomic mass is 9.87. The fraction of sp³-hybridized carbons (Fsp3) is 0.333. The fourth-order valence-corrected chi connectivity index (χ4v) is 2.29. The lowest BCUT2D eigenvalue weighted by Crippen LogP contribution is -2.27. The molecular formula is C12H14N2O3. The largest absolute Gasteiger partial charge is 0.494 e. The number of hydrogen-bond acceptors (Lipinski definition) is 3. The third kappa shape index (κ3) is 2.08. The first-order valence-electron chi connectivity index (χ1n) is 5.46. The zero-order valence-corrected chi connectivity index (χ0v) is 9.27. The predicted molar refractivity (Wildman–Crippen MR) is 64.2 cm³/mol. The topological polar surface area (TPSA) is 85.9 Å². The van der Waals surface area contributed by atoms with Crippen molar-refractivity contribution >= 4 is 0 Å². The van der Waals surface area contributed by atoms with E-state index in [0.717, 1.165) is 12.8 Å². The SMILES string of the molecule is C=CCC1CC=CC1c1c(O)[nH]c(=O)[nH]c1=O. The molecule has 1 heterocycles. The highest BCUT2D eigenvalue weighted by Gasteiger charge is 2.28. The van der Waals surface area contributed by atoms with Gasteiger partial charge in [-0.15, -0.1) is 6.58 Å². The molecule has 2 unspecified atom stereocenters. The van der Waals surface area contributed by atoms with Gasteiger partial charge in [0, 0.05) is 5.92 Å². The van der Waals surface area contributed by atoms with Crippen molar-refractivity contribution in [3.8, 4) is 5.88 Å². The molecule has 0 aliphatic heterocycles. The summed E-state index contributed by atoms with van der Waals surface area (Å²) in [5, 5.41) is 9.68. The molecule has 2 rings (SSSR count). The van der Waals surface area contributed by atoms with Gasteiger partial charge < -0.3 is 5.11 Å². The smallest absolute Gasteiger partial charge is 0.328 e. The lowest BCUT2D eigenvalue weighted by Gasteiger charge is -2.17. The van der Waals surface area contributed by atoms with E-state index < -0.39 is 11.2 Å². The van der Waals surface area contributed by atoms with Crippen molar-refractivity contribution in [1.29, 1.82) is 0 Å². The first kappa shape index (κ1) is 11.4. The molecule has 1 aromatic rings. The van der Waals surface area contributed by atoms with Crippen LogP contribution in [0.15, 0.2) is 34.4 Å². The zero-order chi connectivity index (χ0) is 12.4. The molecular weight excluding hydrogens is 220 g/mol. The fourth-order valence-electron chi connectivity index (χ4n) is 2.29. The van der Waals surface area contributed by atoms with Crippen molar-refractivity contribution in [3.05, 3.63) is 51.2 Å². The van der Waals surface area contributed by atoms with E-state index in [1.54, 1.807) is 6.08 Å². The molecule has 5 heteroatoms. The number of aromatic amines is 2. The molecule has 0 radical (unpaired) electrons. The Labute approximate surface area is 97.5 Å². The van der Waals surface area contributed by atoms with Gasteiger partial charge in [-0.3, -0.25) is 14.8 Å². The minimum atomic E-state index is -0.696. The average molecular weight is 234 g/mol. The summed E-state index contributed by atoms with van der Waals surface area (Å²) in [5.41, 5.74) is -0.999. The minimum absolute atomic E-state index is 0.173. The van der Waals surface area contributed by atoms with Gasteiger partial charge in [0.15, 0.2) is 0 Å². The zero-order valence-electron chi connectivity index (χ0n) is 9.27. The lowest BCUT2D eigenvalue weighted by molar-refractivity contribution is 0.422. The van der Waals surface area contributed by atoms with Crippen LogP contribution in [0.3, 0.4) is 0 Å². The van der Waals surface area contributed by atoms with Crippen molar-refractivity contribution in [2.75, 3.05) is 0 Å². The van der Waals surface area contributed by atoms with E-state index in [-0.39, 0.29) is 23.3 Å². The number of allylic oxidation sites excluding steroid dienone is 3. The predicted octanol–water partition coefficient (Wildman–Crippen LogP) is 1.00. The molecule has 0 spiro atoms. The Morgan fingerprint density at radius 2 is 2.24 bits per heavy atom. The van der Waals surface area contributed by atoms with Gasteiger partial charge in [-0.2, -0.15) is 0 Å². The molecule has 0 saturated carbocycles. The molecule has 0 amide bonds. The van der Waals surface area contributed by atoms with Gasteiger partial charge >= 0.3 is 5.69 Å². The number of hydrogen-bond donors (Lipinski definition) is 3. The summed E-state index contributed by atoms with van der Waals surface area (Å²) >= 11 is 0. The molecule has 0 bridgehead atoms. The highest BCUT2D eigenvalue weighted by Crippen LogP contribution is 2.37. The van der Waals surface area contributed by atoms with Gasteiger partial charge in [0.2, 0.25) is 5.88 Å². The highest BCUT2D eigenvalue weighted by atomic mass is 16.3. The Hall–Kier alpha value is -2.04. The first-order valence-corrected chi connectivity index (χ1v) is 5.46. The van der Waals surface area contributed by atoms with Gasteiger partial charge in [-0.1, -0.05) is 18.2 Å². The molecule has 0 saturated heterocycles. The number of aromatic hydroxyl groups is 1. The summed E-state index contributed by atoms with van der Waals surface area (Å²) in [5.74, 6) is -0.302. The highest BCUT2D eigenvalue weighted by molar-refractivity contribution is 5.32.